The van der Waals surface area contributed by atoms with E-state index in [1.165, 1.54) is 0 Å². The van der Waals surface area contributed by atoms with Crippen molar-refractivity contribution in [3.8, 4) is 0 Å². The third-order valence-electron chi connectivity index (χ3n) is 1.11. The molecule has 4 heteroatoms. The molecule has 2 rings (SSSR count). The molecule has 0 spiro atoms. The summed E-state index contributed by atoms with van der Waals surface area (Å²) in [6.45, 7) is 0. The standard InChI is InChI=1S/C5H4N4/c1-2-9-4-8-7-3-5(9)6-1/h1-4H. The van der Waals surface area contributed by atoms with Crippen LogP contribution in [0, 0.1) is 0 Å². The fourth-order valence-corrected chi connectivity index (χ4v) is 0.693. The lowest BCUT2D eigenvalue weighted by molar-refractivity contribution is 0.944. The Morgan fingerprint density at radius 1 is 1.33 bits per heavy atom. The van der Waals surface area contributed by atoms with Gasteiger partial charge in [-0.2, -0.15) is 5.10 Å². The SMILES string of the molecule is c1cn2cnncc2n1. The number of hydrogen-bond acceptors (Lipinski definition) is 3. The van der Waals surface area contributed by atoms with Crippen molar-refractivity contribution in [2.75, 3.05) is 0 Å². The summed E-state index contributed by atoms with van der Waals surface area (Å²) < 4.78 is 1.80. The Hall–Kier alpha value is -1.45. The van der Waals surface area contributed by atoms with Crippen LogP contribution < -0.4 is 0 Å². The Kier molecular flexibility index (Phi) is 0.745. The molecule has 4 nitrogen and oxygen atoms in total. The Morgan fingerprint density at radius 2 is 2.33 bits per heavy atom. The van der Waals surface area contributed by atoms with Crippen molar-refractivity contribution >= 4 is 5.65 Å². The van der Waals surface area contributed by atoms with E-state index in [2.05, 4.69) is 15.2 Å². The molecule has 0 N–H and O–H groups in total. The molecule has 44 valence electrons. The first-order valence-electron chi connectivity index (χ1n) is 2.56. The van der Waals surface area contributed by atoms with Crippen molar-refractivity contribution in [1.29, 1.82) is 0 Å². The van der Waals surface area contributed by atoms with Gasteiger partial charge in [-0.15, -0.1) is 5.10 Å². The number of fused-ring (bicyclic) bond motifs is 1. The summed E-state index contributed by atoms with van der Waals surface area (Å²) in [5.41, 5.74) is 0.824. The van der Waals surface area contributed by atoms with E-state index in [0.29, 0.717) is 0 Å². The Morgan fingerprint density at radius 3 is 3.22 bits per heavy atom. The molecule has 0 saturated carbocycles. The fraction of sp³-hybridized carbons (Fsp3) is 0. The molecule has 0 fully saturated rings. The minimum Gasteiger partial charge on any atom is -0.288 e. The summed E-state index contributed by atoms with van der Waals surface area (Å²) in [4.78, 5) is 3.98. The molecule has 0 amide bonds. The predicted octanol–water partition coefficient (Wildman–Crippen LogP) is 0.124. The monoisotopic (exact) mass is 120 g/mol. The molecular weight excluding hydrogens is 116 g/mol. The zero-order valence-electron chi connectivity index (χ0n) is 4.60. The molecule has 0 aromatic carbocycles. The highest BCUT2D eigenvalue weighted by molar-refractivity contribution is 5.32. The summed E-state index contributed by atoms with van der Waals surface area (Å²) in [5, 5.41) is 7.31. The molecule has 0 saturated heterocycles. The first kappa shape index (κ1) is 4.43. The first-order chi connectivity index (χ1) is 4.47. The number of rotatable bonds is 0. The van der Waals surface area contributed by atoms with Gasteiger partial charge in [-0.25, -0.2) is 4.98 Å². The lowest BCUT2D eigenvalue weighted by Gasteiger charge is -1.84. The Labute approximate surface area is 51.2 Å². The van der Waals surface area contributed by atoms with Gasteiger partial charge in [-0.3, -0.25) is 4.40 Å². The second kappa shape index (κ2) is 1.51. The third-order valence-corrected chi connectivity index (χ3v) is 1.11. The van der Waals surface area contributed by atoms with Crippen LogP contribution in [0.1, 0.15) is 0 Å². The van der Waals surface area contributed by atoms with E-state index in [0.717, 1.165) is 5.65 Å². The van der Waals surface area contributed by atoms with Gasteiger partial charge in [-0.1, -0.05) is 0 Å². The molecule has 0 bridgehead atoms. The normalized spacial score (nSPS) is 10.2. The minimum atomic E-state index is 0.824. The molecule has 0 aliphatic heterocycles. The molecule has 2 heterocycles. The van der Waals surface area contributed by atoms with Crippen molar-refractivity contribution in [3.05, 3.63) is 24.9 Å². The van der Waals surface area contributed by atoms with E-state index in [1.807, 2.05) is 6.20 Å². The van der Waals surface area contributed by atoms with Gasteiger partial charge in [-0.05, 0) is 0 Å². The maximum atomic E-state index is 3.98. The van der Waals surface area contributed by atoms with Crippen LogP contribution in [0.15, 0.2) is 24.9 Å². The van der Waals surface area contributed by atoms with E-state index < -0.39 is 0 Å². The maximum Gasteiger partial charge on any atom is 0.158 e. The first-order valence-corrected chi connectivity index (χ1v) is 2.56. The van der Waals surface area contributed by atoms with Crippen LogP contribution in [-0.4, -0.2) is 19.6 Å². The van der Waals surface area contributed by atoms with E-state index in [4.69, 9.17) is 0 Å². The number of hydrogen-bond donors (Lipinski definition) is 0. The summed E-state index contributed by atoms with van der Waals surface area (Å²) in [6.07, 6.45) is 6.76. The molecule has 2 aromatic rings. The highest BCUT2D eigenvalue weighted by Gasteiger charge is 1.87. The Balaban J connectivity index is 2.95. The van der Waals surface area contributed by atoms with Crippen LogP contribution in [0.2, 0.25) is 0 Å². The van der Waals surface area contributed by atoms with Gasteiger partial charge in [0.05, 0.1) is 6.20 Å². The lowest BCUT2D eigenvalue weighted by atomic mass is 10.8. The van der Waals surface area contributed by atoms with E-state index in [1.54, 1.807) is 23.1 Å². The van der Waals surface area contributed by atoms with E-state index >= 15 is 0 Å². The number of nitrogens with zero attached hydrogens (tertiary/aromatic N) is 4. The number of imidazole rings is 1. The zero-order chi connectivity index (χ0) is 6.10. The average Bonchev–Trinajstić information content (AvgIpc) is 2.33. The topological polar surface area (TPSA) is 43.1 Å². The van der Waals surface area contributed by atoms with Crippen molar-refractivity contribution in [2.24, 2.45) is 0 Å². The van der Waals surface area contributed by atoms with Gasteiger partial charge < -0.3 is 0 Å². The summed E-state index contributed by atoms with van der Waals surface area (Å²) in [6, 6.07) is 0. The van der Waals surface area contributed by atoms with Gasteiger partial charge in [0.2, 0.25) is 0 Å². The smallest absolute Gasteiger partial charge is 0.158 e. The van der Waals surface area contributed by atoms with Crippen LogP contribution >= 0.6 is 0 Å². The highest BCUT2D eigenvalue weighted by atomic mass is 15.2. The summed E-state index contributed by atoms with van der Waals surface area (Å²) in [7, 11) is 0. The van der Waals surface area contributed by atoms with Gasteiger partial charge in [0.15, 0.2) is 5.65 Å². The highest BCUT2D eigenvalue weighted by Crippen LogP contribution is 1.91. The molecular formula is C5H4N4. The van der Waals surface area contributed by atoms with Crippen molar-refractivity contribution in [1.82, 2.24) is 19.6 Å². The van der Waals surface area contributed by atoms with Gasteiger partial charge in [0.1, 0.15) is 6.33 Å². The van der Waals surface area contributed by atoms with Crippen LogP contribution in [0.25, 0.3) is 5.65 Å². The summed E-state index contributed by atoms with van der Waals surface area (Å²) >= 11 is 0. The molecule has 2 aromatic heterocycles. The lowest BCUT2D eigenvalue weighted by Crippen LogP contribution is -1.86. The molecule has 0 unspecified atom stereocenters. The molecule has 0 radical (unpaired) electrons. The van der Waals surface area contributed by atoms with Crippen molar-refractivity contribution in [3.63, 3.8) is 0 Å². The molecule has 0 aliphatic carbocycles. The van der Waals surface area contributed by atoms with Crippen LogP contribution in [0.4, 0.5) is 0 Å². The van der Waals surface area contributed by atoms with Crippen molar-refractivity contribution in [2.45, 2.75) is 0 Å². The Bertz CT molecular complexity index is 283. The predicted molar refractivity (Wildman–Crippen MR) is 30.8 cm³/mol. The fourth-order valence-electron chi connectivity index (χ4n) is 0.693. The van der Waals surface area contributed by atoms with Crippen molar-refractivity contribution < 1.29 is 0 Å². The van der Waals surface area contributed by atoms with Crippen LogP contribution in [0.3, 0.4) is 0 Å². The van der Waals surface area contributed by atoms with E-state index in [-0.39, 0.29) is 0 Å². The number of aromatic nitrogens is 4. The molecule has 0 aliphatic rings. The summed E-state index contributed by atoms with van der Waals surface area (Å²) in [5.74, 6) is 0. The third kappa shape index (κ3) is 0.561. The minimum absolute atomic E-state index is 0.824. The second-order valence-corrected chi connectivity index (χ2v) is 1.67. The van der Waals surface area contributed by atoms with Gasteiger partial charge in [0.25, 0.3) is 0 Å². The van der Waals surface area contributed by atoms with E-state index in [9.17, 15) is 0 Å². The molecule has 0 atom stereocenters. The second-order valence-electron chi connectivity index (χ2n) is 1.67. The molecule has 9 heavy (non-hydrogen) atoms. The van der Waals surface area contributed by atoms with Gasteiger partial charge >= 0.3 is 0 Å². The maximum absolute atomic E-state index is 3.98. The largest absolute Gasteiger partial charge is 0.288 e. The van der Waals surface area contributed by atoms with Crippen LogP contribution in [-0.2, 0) is 0 Å². The van der Waals surface area contributed by atoms with Crippen LogP contribution in [0.5, 0.6) is 0 Å². The zero-order valence-corrected chi connectivity index (χ0v) is 4.60. The average molecular weight is 120 g/mol. The quantitative estimate of drug-likeness (QED) is 0.496. The van der Waals surface area contributed by atoms with Gasteiger partial charge in [0, 0.05) is 12.4 Å².